The molecule has 1 aromatic carbocycles. The van der Waals surface area contributed by atoms with Crippen LogP contribution in [0.4, 0.5) is 5.69 Å². The molecule has 106 valence electrons. The van der Waals surface area contributed by atoms with E-state index in [1.165, 1.54) is 11.1 Å². The van der Waals surface area contributed by atoms with E-state index in [0.717, 1.165) is 17.9 Å². The molecule has 0 amide bonds. The first-order valence-corrected chi connectivity index (χ1v) is 6.86. The summed E-state index contributed by atoms with van der Waals surface area (Å²) in [5.41, 5.74) is 4.47. The number of aromatic nitrogens is 4. The third-order valence-electron chi connectivity index (χ3n) is 3.18. The monoisotopic (exact) mass is 279 g/mol. The van der Waals surface area contributed by atoms with Crippen molar-refractivity contribution in [2.45, 2.75) is 20.0 Å². The van der Waals surface area contributed by atoms with Gasteiger partial charge in [-0.25, -0.2) is 9.67 Å². The maximum Gasteiger partial charge on any atom is 0.137 e. The number of anilines is 1. The van der Waals surface area contributed by atoms with Gasteiger partial charge in [0.1, 0.15) is 12.7 Å². The van der Waals surface area contributed by atoms with Crippen molar-refractivity contribution in [2.24, 2.45) is 0 Å². The Morgan fingerprint density at radius 3 is 2.90 bits per heavy atom. The van der Waals surface area contributed by atoms with Gasteiger partial charge >= 0.3 is 0 Å². The second-order valence-corrected chi connectivity index (χ2v) is 4.97. The molecule has 0 aliphatic rings. The molecular formula is C16H17N5. The summed E-state index contributed by atoms with van der Waals surface area (Å²) in [6, 6.07) is 12.4. The lowest BCUT2D eigenvalue weighted by Gasteiger charge is -2.08. The van der Waals surface area contributed by atoms with Gasteiger partial charge in [0.2, 0.25) is 0 Å². The number of nitrogens with zero attached hydrogens (tertiary/aromatic N) is 4. The predicted molar refractivity (Wildman–Crippen MR) is 81.9 cm³/mol. The lowest BCUT2D eigenvalue weighted by molar-refractivity contribution is 0.685. The molecule has 0 atom stereocenters. The predicted octanol–water partition coefficient (Wildman–Crippen LogP) is 2.64. The summed E-state index contributed by atoms with van der Waals surface area (Å²) >= 11 is 0. The van der Waals surface area contributed by atoms with Crippen molar-refractivity contribution in [3.63, 3.8) is 0 Å². The Balaban J connectivity index is 1.64. The van der Waals surface area contributed by atoms with Crippen LogP contribution in [0, 0.1) is 6.92 Å². The van der Waals surface area contributed by atoms with E-state index < -0.39 is 0 Å². The molecule has 0 bridgehead atoms. The zero-order chi connectivity index (χ0) is 14.5. The number of benzene rings is 1. The van der Waals surface area contributed by atoms with E-state index in [4.69, 9.17) is 0 Å². The van der Waals surface area contributed by atoms with Crippen molar-refractivity contribution in [3.8, 4) is 0 Å². The molecular weight excluding hydrogens is 262 g/mol. The molecule has 0 radical (unpaired) electrons. The SMILES string of the molecule is Cc1ccc(CNc2cccc(Cn3cncn3)c2)nc1. The highest BCUT2D eigenvalue weighted by Gasteiger charge is 1.99. The average Bonchev–Trinajstić information content (AvgIpc) is 3.00. The lowest BCUT2D eigenvalue weighted by atomic mass is 10.2. The van der Waals surface area contributed by atoms with Gasteiger partial charge in [0.25, 0.3) is 0 Å². The Morgan fingerprint density at radius 2 is 2.14 bits per heavy atom. The molecule has 21 heavy (non-hydrogen) atoms. The molecule has 2 heterocycles. The van der Waals surface area contributed by atoms with Gasteiger partial charge in [0.15, 0.2) is 0 Å². The summed E-state index contributed by atoms with van der Waals surface area (Å²) in [5.74, 6) is 0. The minimum absolute atomic E-state index is 0.715. The second kappa shape index (κ2) is 6.17. The van der Waals surface area contributed by atoms with Gasteiger partial charge in [0.05, 0.1) is 18.8 Å². The van der Waals surface area contributed by atoms with Gasteiger partial charge in [-0.2, -0.15) is 5.10 Å². The van der Waals surface area contributed by atoms with Crippen LogP contribution in [0.1, 0.15) is 16.8 Å². The number of nitrogens with one attached hydrogen (secondary N) is 1. The molecule has 5 nitrogen and oxygen atoms in total. The number of hydrogen-bond acceptors (Lipinski definition) is 4. The first-order valence-electron chi connectivity index (χ1n) is 6.86. The fraction of sp³-hybridized carbons (Fsp3) is 0.188. The van der Waals surface area contributed by atoms with Gasteiger partial charge in [-0.05, 0) is 36.2 Å². The Morgan fingerprint density at radius 1 is 1.19 bits per heavy atom. The highest BCUT2D eigenvalue weighted by atomic mass is 15.3. The molecule has 3 aromatic rings. The zero-order valence-electron chi connectivity index (χ0n) is 11.9. The number of hydrogen-bond donors (Lipinski definition) is 1. The summed E-state index contributed by atoms with van der Waals surface area (Å²) < 4.78 is 1.81. The van der Waals surface area contributed by atoms with Crippen molar-refractivity contribution in [3.05, 3.63) is 72.1 Å². The standard InChI is InChI=1S/C16H17N5/c1-13-5-6-16(18-8-13)9-19-15-4-2-3-14(7-15)10-21-12-17-11-20-21/h2-8,11-12,19H,9-10H2,1H3. The van der Waals surface area contributed by atoms with Crippen LogP contribution < -0.4 is 5.32 Å². The Kier molecular flexibility index (Phi) is 3.91. The molecule has 1 N–H and O–H groups in total. The van der Waals surface area contributed by atoms with Crippen LogP contribution in [0.5, 0.6) is 0 Å². The van der Waals surface area contributed by atoms with Gasteiger partial charge < -0.3 is 5.32 Å². The van der Waals surface area contributed by atoms with Crippen molar-refractivity contribution in [1.82, 2.24) is 19.7 Å². The maximum absolute atomic E-state index is 4.39. The van der Waals surface area contributed by atoms with Crippen LogP contribution in [0.2, 0.25) is 0 Å². The molecule has 3 rings (SSSR count). The van der Waals surface area contributed by atoms with E-state index in [9.17, 15) is 0 Å². The van der Waals surface area contributed by atoms with Crippen molar-refractivity contribution < 1.29 is 0 Å². The number of pyridine rings is 1. The molecule has 0 fully saturated rings. The molecule has 0 aliphatic heterocycles. The van der Waals surface area contributed by atoms with E-state index in [2.05, 4.69) is 44.6 Å². The molecule has 0 saturated carbocycles. The quantitative estimate of drug-likeness (QED) is 0.780. The van der Waals surface area contributed by atoms with E-state index in [1.807, 2.05) is 25.3 Å². The topological polar surface area (TPSA) is 55.6 Å². The van der Waals surface area contributed by atoms with Gasteiger partial charge in [-0.3, -0.25) is 4.98 Å². The fourth-order valence-electron chi connectivity index (χ4n) is 2.08. The number of aryl methyl sites for hydroxylation is 1. The van der Waals surface area contributed by atoms with E-state index in [0.29, 0.717) is 6.54 Å². The third kappa shape index (κ3) is 3.66. The third-order valence-corrected chi connectivity index (χ3v) is 3.18. The average molecular weight is 279 g/mol. The molecule has 0 saturated heterocycles. The van der Waals surface area contributed by atoms with E-state index in [-0.39, 0.29) is 0 Å². The lowest BCUT2D eigenvalue weighted by Crippen LogP contribution is -2.03. The van der Waals surface area contributed by atoms with E-state index >= 15 is 0 Å². The van der Waals surface area contributed by atoms with Crippen LogP contribution in [0.3, 0.4) is 0 Å². The largest absolute Gasteiger partial charge is 0.379 e. The zero-order valence-corrected chi connectivity index (χ0v) is 11.9. The fourth-order valence-corrected chi connectivity index (χ4v) is 2.08. The minimum Gasteiger partial charge on any atom is -0.379 e. The van der Waals surface area contributed by atoms with Crippen molar-refractivity contribution in [1.29, 1.82) is 0 Å². The second-order valence-electron chi connectivity index (χ2n) is 4.97. The minimum atomic E-state index is 0.715. The van der Waals surface area contributed by atoms with Gasteiger partial charge in [-0.1, -0.05) is 18.2 Å². The van der Waals surface area contributed by atoms with Crippen LogP contribution in [-0.4, -0.2) is 19.7 Å². The Labute approximate surface area is 123 Å². The van der Waals surface area contributed by atoms with Crippen LogP contribution in [0.15, 0.2) is 55.2 Å². The van der Waals surface area contributed by atoms with Gasteiger partial charge in [0, 0.05) is 11.9 Å². The molecule has 0 unspecified atom stereocenters. The van der Waals surface area contributed by atoms with Crippen molar-refractivity contribution in [2.75, 3.05) is 5.32 Å². The molecule has 2 aromatic heterocycles. The van der Waals surface area contributed by atoms with Crippen LogP contribution in [0.25, 0.3) is 0 Å². The Bertz CT molecular complexity index is 689. The molecule has 5 heteroatoms. The number of rotatable bonds is 5. The normalized spacial score (nSPS) is 10.5. The van der Waals surface area contributed by atoms with E-state index in [1.54, 1.807) is 17.3 Å². The van der Waals surface area contributed by atoms with Crippen molar-refractivity contribution >= 4 is 5.69 Å². The first kappa shape index (κ1) is 13.3. The summed E-state index contributed by atoms with van der Waals surface area (Å²) in [7, 11) is 0. The summed E-state index contributed by atoms with van der Waals surface area (Å²) in [4.78, 5) is 8.34. The smallest absolute Gasteiger partial charge is 0.137 e. The highest BCUT2D eigenvalue weighted by molar-refractivity contribution is 5.46. The van der Waals surface area contributed by atoms with Gasteiger partial charge in [-0.15, -0.1) is 0 Å². The summed E-state index contributed by atoms with van der Waals surface area (Å²) in [6.07, 6.45) is 5.15. The molecule has 0 spiro atoms. The van der Waals surface area contributed by atoms with Crippen LogP contribution in [-0.2, 0) is 13.1 Å². The first-order chi connectivity index (χ1) is 10.3. The maximum atomic E-state index is 4.39. The molecule has 0 aliphatic carbocycles. The van der Waals surface area contributed by atoms with Crippen LogP contribution >= 0.6 is 0 Å². The summed E-state index contributed by atoms with van der Waals surface area (Å²) in [6.45, 7) is 3.48. The Hall–Kier alpha value is -2.69. The highest BCUT2D eigenvalue weighted by Crippen LogP contribution is 2.12. The summed E-state index contributed by atoms with van der Waals surface area (Å²) in [5, 5.41) is 7.51.